The number of hydrogen-bond donors (Lipinski definition) is 0. The van der Waals surface area contributed by atoms with Gasteiger partial charge in [-0.1, -0.05) is 25.3 Å². The van der Waals surface area contributed by atoms with Crippen molar-refractivity contribution in [2.24, 2.45) is 20.5 Å². The van der Waals surface area contributed by atoms with E-state index in [1.54, 1.807) is 24.3 Å². The van der Waals surface area contributed by atoms with Gasteiger partial charge in [0.25, 0.3) is 0 Å². The molecule has 0 N–H and O–H groups in total. The maximum atomic E-state index is 11.1. The molecule has 9 nitrogen and oxygen atoms in total. The van der Waals surface area contributed by atoms with Gasteiger partial charge in [-0.25, -0.2) is 9.59 Å². The van der Waals surface area contributed by atoms with Gasteiger partial charge in [0, 0.05) is 25.0 Å². The zero-order valence-electron chi connectivity index (χ0n) is 20.9. The molecular formula is C29H28N4O5. The van der Waals surface area contributed by atoms with Crippen molar-refractivity contribution < 1.29 is 23.8 Å². The molecule has 0 fully saturated rings. The monoisotopic (exact) mass is 512 g/mol. The fourth-order valence-corrected chi connectivity index (χ4v) is 2.96. The van der Waals surface area contributed by atoms with Crippen LogP contribution in [-0.4, -0.2) is 31.8 Å². The molecular weight excluding hydrogens is 484 g/mol. The van der Waals surface area contributed by atoms with E-state index >= 15 is 0 Å². The Bertz CT molecular complexity index is 1270. The lowest BCUT2D eigenvalue weighted by atomic mass is 10.1. The topological polar surface area (TPSA) is 111 Å². The summed E-state index contributed by atoms with van der Waals surface area (Å²) in [7, 11) is 0. The zero-order chi connectivity index (χ0) is 27.0. The SMILES string of the molecule is C=CC(=O)OCCCOc1ccc(/N=N/c2ccc(/N=N/c3ccc(CCOC(=O)C=C)cc3)cc2)cc1. The van der Waals surface area contributed by atoms with Crippen molar-refractivity contribution in [3.05, 3.63) is 104 Å². The molecule has 3 aromatic rings. The van der Waals surface area contributed by atoms with Gasteiger partial charge in [0.15, 0.2) is 0 Å². The Morgan fingerprint density at radius 3 is 1.50 bits per heavy atom. The van der Waals surface area contributed by atoms with Crippen LogP contribution in [0.15, 0.2) is 119 Å². The Kier molecular flexibility index (Phi) is 11.1. The van der Waals surface area contributed by atoms with E-state index in [0.717, 1.165) is 17.7 Å². The first kappa shape index (κ1) is 27.7. The number of benzene rings is 3. The summed E-state index contributed by atoms with van der Waals surface area (Å²) in [5.41, 5.74) is 3.79. The molecule has 0 saturated heterocycles. The quantitative estimate of drug-likeness (QED) is 0.0974. The second kappa shape index (κ2) is 15.2. The van der Waals surface area contributed by atoms with Gasteiger partial charge in [0.2, 0.25) is 0 Å². The van der Waals surface area contributed by atoms with Crippen LogP contribution in [0.3, 0.4) is 0 Å². The summed E-state index contributed by atoms with van der Waals surface area (Å²) in [5, 5.41) is 17.0. The molecule has 38 heavy (non-hydrogen) atoms. The van der Waals surface area contributed by atoms with Crippen molar-refractivity contribution >= 4 is 34.7 Å². The molecule has 0 atom stereocenters. The lowest BCUT2D eigenvalue weighted by molar-refractivity contribution is -0.138. The zero-order valence-corrected chi connectivity index (χ0v) is 20.9. The average Bonchev–Trinajstić information content (AvgIpc) is 2.96. The number of rotatable bonds is 14. The fraction of sp³-hybridized carbons (Fsp3) is 0.172. The fourth-order valence-electron chi connectivity index (χ4n) is 2.96. The third kappa shape index (κ3) is 9.98. The summed E-state index contributed by atoms with van der Waals surface area (Å²) < 4.78 is 15.5. The number of nitrogens with zero attached hydrogens (tertiary/aromatic N) is 4. The lowest BCUT2D eigenvalue weighted by Gasteiger charge is -2.06. The third-order valence-electron chi connectivity index (χ3n) is 4.95. The molecule has 0 bridgehead atoms. The molecule has 0 aliphatic heterocycles. The lowest BCUT2D eigenvalue weighted by Crippen LogP contribution is -2.06. The van der Waals surface area contributed by atoms with Gasteiger partial charge in [-0.15, -0.1) is 0 Å². The molecule has 0 unspecified atom stereocenters. The van der Waals surface area contributed by atoms with Crippen LogP contribution < -0.4 is 4.74 Å². The highest BCUT2D eigenvalue weighted by Crippen LogP contribution is 2.24. The van der Waals surface area contributed by atoms with E-state index in [1.807, 2.05) is 48.5 Å². The van der Waals surface area contributed by atoms with Gasteiger partial charge in [-0.2, -0.15) is 20.5 Å². The second-order valence-corrected chi connectivity index (χ2v) is 7.77. The number of carbonyl (C=O) groups excluding carboxylic acids is 2. The van der Waals surface area contributed by atoms with E-state index in [0.29, 0.717) is 54.6 Å². The van der Waals surface area contributed by atoms with Crippen molar-refractivity contribution in [1.82, 2.24) is 0 Å². The van der Waals surface area contributed by atoms with Crippen molar-refractivity contribution in [2.75, 3.05) is 19.8 Å². The van der Waals surface area contributed by atoms with Crippen molar-refractivity contribution in [2.45, 2.75) is 12.8 Å². The number of ether oxygens (including phenoxy) is 3. The second-order valence-electron chi connectivity index (χ2n) is 7.77. The van der Waals surface area contributed by atoms with Crippen molar-refractivity contribution in [3.63, 3.8) is 0 Å². The minimum atomic E-state index is -0.441. The molecule has 9 heteroatoms. The Morgan fingerprint density at radius 2 is 1.03 bits per heavy atom. The maximum absolute atomic E-state index is 11.1. The van der Waals surface area contributed by atoms with Gasteiger partial charge in [0.05, 0.1) is 42.6 Å². The van der Waals surface area contributed by atoms with Crippen LogP contribution in [0.1, 0.15) is 12.0 Å². The Labute approximate surface area is 221 Å². The van der Waals surface area contributed by atoms with Gasteiger partial charge in [-0.3, -0.25) is 0 Å². The molecule has 3 rings (SSSR count). The maximum Gasteiger partial charge on any atom is 0.330 e. The molecule has 0 aromatic heterocycles. The normalized spacial score (nSPS) is 10.8. The number of carbonyl (C=O) groups is 2. The molecule has 0 amide bonds. The Balaban J connectivity index is 1.43. The summed E-state index contributed by atoms with van der Waals surface area (Å²) in [5.74, 6) is -0.177. The van der Waals surface area contributed by atoms with Crippen molar-refractivity contribution in [3.8, 4) is 5.75 Å². The molecule has 0 aliphatic carbocycles. The van der Waals surface area contributed by atoms with Crippen LogP contribution in [0.5, 0.6) is 5.75 Å². The van der Waals surface area contributed by atoms with E-state index in [2.05, 4.69) is 33.6 Å². The van der Waals surface area contributed by atoms with E-state index < -0.39 is 11.9 Å². The molecule has 194 valence electrons. The highest BCUT2D eigenvalue weighted by Gasteiger charge is 2.00. The first-order valence-corrected chi connectivity index (χ1v) is 11.9. The summed E-state index contributed by atoms with van der Waals surface area (Å²) in [6.45, 7) is 7.72. The first-order chi connectivity index (χ1) is 18.6. The standard InChI is InChI=1S/C29H28N4O5/c1-3-28(34)37-20-5-19-36-27-16-14-26(15-17-27)33-32-25-12-10-24(11-13-25)31-30-23-8-6-22(7-9-23)18-21-38-29(35)4-2/h3-4,6-17H,1-2,5,18-21H2/b31-30+,33-32+. The third-order valence-corrected chi connectivity index (χ3v) is 4.95. The van der Waals surface area contributed by atoms with Crippen LogP contribution in [0, 0.1) is 0 Å². The summed E-state index contributed by atoms with van der Waals surface area (Å²) in [6, 6.07) is 22.0. The minimum Gasteiger partial charge on any atom is -0.493 e. The molecule has 0 spiro atoms. The van der Waals surface area contributed by atoms with E-state index in [1.165, 1.54) is 0 Å². The predicted octanol–water partition coefficient (Wildman–Crippen LogP) is 7.29. The van der Waals surface area contributed by atoms with Gasteiger partial charge >= 0.3 is 11.9 Å². The molecule has 3 aromatic carbocycles. The van der Waals surface area contributed by atoms with Gasteiger partial charge in [-0.05, 0) is 66.2 Å². The first-order valence-electron chi connectivity index (χ1n) is 11.9. The summed E-state index contributed by atoms with van der Waals surface area (Å²) >= 11 is 0. The highest BCUT2D eigenvalue weighted by atomic mass is 16.5. The smallest absolute Gasteiger partial charge is 0.330 e. The van der Waals surface area contributed by atoms with Crippen LogP contribution >= 0.6 is 0 Å². The van der Waals surface area contributed by atoms with Crippen LogP contribution in [-0.2, 0) is 25.5 Å². The molecule has 0 aliphatic rings. The van der Waals surface area contributed by atoms with Crippen LogP contribution in [0.4, 0.5) is 22.7 Å². The van der Waals surface area contributed by atoms with E-state index in [9.17, 15) is 9.59 Å². The highest BCUT2D eigenvalue weighted by molar-refractivity contribution is 5.81. The Hall–Kier alpha value is -4.92. The number of hydrogen-bond acceptors (Lipinski definition) is 9. The minimum absolute atomic E-state index is 0.280. The predicted molar refractivity (Wildman–Crippen MR) is 144 cm³/mol. The Morgan fingerprint density at radius 1 is 0.605 bits per heavy atom. The van der Waals surface area contributed by atoms with Crippen LogP contribution in [0.25, 0.3) is 0 Å². The van der Waals surface area contributed by atoms with E-state index in [-0.39, 0.29) is 6.61 Å². The van der Waals surface area contributed by atoms with Crippen LogP contribution in [0.2, 0.25) is 0 Å². The average molecular weight is 513 g/mol. The largest absolute Gasteiger partial charge is 0.493 e. The number of azo groups is 2. The van der Waals surface area contributed by atoms with Gasteiger partial charge in [0.1, 0.15) is 5.75 Å². The molecule has 0 saturated carbocycles. The van der Waals surface area contributed by atoms with E-state index in [4.69, 9.17) is 14.2 Å². The van der Waals surface area contributed by atoms with Gasteiger partial charge < -0.3 is 14.2 Å². The molecule has 0 heterocycles. The molecule has 0 radical (unpaired) electrons. The summed E-state index contributed by atoms with van der Waals surface area (Å²) in [4.78, 5) is 22.1. The van der Waals surface area contributed by atoms with Crippen molar-refractivity contribution in [1.29, 1.82) is 0 Å². The summed E-state index contributed by atoms with van der Waals surface area (Å²) in [6.07, 6.45) is 3.47. The number of esters is 2.